The van der Waals surface area contributed by atoms with E-state index >= 15 is 0 Å². The Morgan fingerprint density at radius 1 is 1.32 bits per heavy atom. The van der Waals surface area contributed by atoms with Crippen LogP contribution in [-0.2, 0) is 0 Å². The summed E-state index contributed by atoms with van der Waals surface area (Å²) in [7, 11) is 0. The van der Waals surface area contributed by atoms with E-state index in [9.17, 15) is 0 Å². The van der Waals surface area contributed by atoms with Crippen LogP contribution in [0.5, 0.6) is 0 Å². The molecule has 2 rings (SSSR count). The van der Waals surface area contributed by atoms with E-state index in [1.165, 1.54) is 0 Å². The number of nitriles is 1. The molecule has 2 aromatic rings. The molecular formula is C14H11ClN4. The van der Waals surface area contributed by atoms with E-state index in [0.29, 0.717) is 22.0 Å². The van der Waals surface area contributed by atoms with Gasteiger partial charge in [-0.25, -0.2) is 4.98 Å². The Kier molecular flexibility index (Phi) is 4.11. The van der Waals surface area contributed by atoms with Crippen LogP contribution in [0.3, 0.4) is 0 Å². The highest BCUT2D eigenvalue weighted by Gasteiger charge is 2.04. The molecule has 0 aliphatic rings. The van der Waals surface area contributed by atoms with Crippen molar-refractivity contribution in [1.82, 2.24) is 15.0 Å². The maximum Gasteiger partial charge on any atom is 0.140 e. The van der Waals surface area contributed by atoms with E-state index in [1.807, 2.05) is 6.92 Å². The van der Waals surface area contributed by atoms with Crippen LogP contribution < -0.4 is 0 Å². The van der Waals surface area contributed by atoms with Crippen molar-refractivity contribution in [2.75, 3.05) is 0 Å². The zero-order valence-electron chi connectivity index (χ0n) is 10.3. The molecule has 0 saturated heterocycles. The molecule has 2 aromatic heterocycles. The highest BCUT2D eigenvalue weighted by molar-refractivity contribution is 6.33. The molecule has 0 fully saturated rings. The molecule has 0 saturated carbocycles. The highest BCUT2D eigenvalue weighted by atomic mass is 35.5. The lowest BCUT2D eigenvalue weighted by atomic mass is 10.2. The van der Waals surface area contributed by atoms with Crippen molar-refractivity contribution in [3.8, 4) is 17.5 Å². The van der Waals surface area contributed by atoms with Gasteiger partial charge in [-0.1, -0.05) is 11.6 Å². The molecule has 0 atom stereocenters. The normalized spacial score (nSPS) is 9.53. The zero-order chi connectivity index (χ0) is 13.7. The first-order valence-corrected chi connectivity index (χ1v) is 5.99. The molecule has 0 aromatic carbocycles. The number of pyridine rings is 1. The highest BCUT2D eigenvalue weighted by Crippen LogP contribution is 2.23. The van der Waals surface area contributed by atoms with Crippen molar-refractivity contribution in [1.29, 1.82) is 5.26 Å². The average molecular weight is 271 g/mol. The molecule has 4 nitrogen and oxygen atoms in total. The number of nitrogens with zero attached hydrogens (tertiary/aromatic N) is 3. The zero-order valence-corrected chi connectivity index (χ0v) is 11.0. The second-order valence-electron chi connectivity index (χ2n) is 3.84. The van der Waals surface area contributed by atoms with Gasteiger partial charge in [-0.3, -0.25) is 4.98 Å². The Labute approximate surface area is 116 Å². The predicted octanol–water partition coefficient (Wildman–Crippen LogP) is 3.43. The van der Waals surface area contributed by atoms with Crippen LogP contribution in [0.2, 0.25) is 5.02 Å². The summed E-state index contributed by atoms with van der Waals surface area (Å²) in [6.45, 7) is 1.87. The molecule has 0 aliphatic heterocycles. The van der Waals surface area contributed by atoms with Crippen molar-refractivity contribution >= 4 is 11.6 Å². The van der Waals surface area contributed by atoms with Crippen LogP contribution in [0, 0.1) is 18.3 Å². The van der Waals surface area contributed by atoms with Crippen molar-refractivity contribution in [2.45, 2.75) is 6.92 Å². The number of hydrogen-bond acceptors (Lipinski definition) is 3. The number of rotatable bonds is 1. The summed E-state index contributed by atoms with van der Waals surface area (Å²) in [5, 5.41) is 9.43. The summed E-state index contributed by atoms with van der Waals surface area (Å²) < 4.78 is 0. The molecule has 1 N–H and O–H groups in total. The smallest absolute Gasteiger partial charge is 0.140 e. The van der Waals surface area contributed by atoms with Gasteiger partial charge in [-0.2, -0.15) is 5.26 Å². The standard InChI is InChI=1S/C14H11ClN4/c1-10-7-13(15)12(9-19-10)14-17-5-2-3-11(8-16)4-6-18-14/h2-7,9H,1H3,(H,17,18). The van der Waals surface area contributed by atoms with Gasteiger partial charge in [0.15, 0.2) is 0 Å². The summed E-state index contributed by atoms with van der Waals surface area (Å²) in [5.41, 5.74) is 2.09. The Balaban J connectivity index is 2.57. The van der Waals surface area contributed by atoms with Crippen LogP contribution in [0.25, 0.3) is 11.4 Å². The predicted molar refractivity (Wildman–Crippen MR) is 73.9 cm³/mol. The van der Waals surface area contributed by atoms with Gasteiger partial charge in [-0.15, -0.1) is 0 Å². The second kappa shape index (κ2) is 5.98. The van der Waals surface area contributed by atoms with Crippen molar-refractivity contribution in [3.05, 3.63) is 59.1 Å². The van der Waals surface area contributed by atoms with Crippen molar-refractivity contribution in [3.63, 3.8) is 0 Å². The third-order valence-corrected chi connectivity index (χ3v) is 2.74. The molecule has 5 heteroatoms. The van der Waals surface area contributed by atoms with E-state index in [1.54, 1.807) is 42.9 Å². The maximum atomic E-state index is 8.86. The topological polar surface area (TPSA) is 65.4 Å². The van der Waals surface area contributed by atoms with Gasteiger partial charge >= 0.3 is 0 Å². The Bertz CT molecular complexity index is 684. The summed E-state index contributed by atoms with van der Waals surface area (Å²) in [5.74, 6) is 0.581. The lowest BCUT2D eigenvalue weighted by Crippen LogP contribution is -1.88. The summed E-state index contributed by atoms with van der Waals surface area (Å²) in [6.07, 6.45) is 4.92. The number of aromatic nitrogens is 3. The Morgan fingerprint density at radius 2 is 2.16 bits per heavy atom. The number of halogens is 1. The lowest BCUT2D eigenvalue weighted by molar-refractivity contribution is 1.16. The molecule has 19 heavy (non-hydrogen) atoms. The number of nitrogens with one attached hydrogen (secondary N) is 1. The fourth-order valence-corrected chi connectivity index (χ4v) is 1.79. The fraction of sp³-hybridized carbons (Fsp3) is 0.0714. The molecule has 0 aliphatic carbocycles. The van der Waals surface area contributed by atoms with E-state index < -0.39 is 0 Å². The number of aryl methyl sites for hydroxylation is 1. The molecule has 0 amide bonds. The van der Waals surface area contributed by atoms with Crippen molar-refractivity contribution < 1.29 is 0 Å². The van der Waals surface area contributed by atoms with E-state index in [2.05, 4.69) is 21.0 Å². The van der Waals surface area contributed by atoms with Gasteiger partial charge in [0.25, 0.3) is 0 Å². The second-order valence-corrected chi connectivity index (χ2v) is 4.24. The van der Waals surface area contributed by atoms with Gasteiger partial charge in [0.05, 0.1) is 22.2 Å². The van der Waals surface area contributed by atoms with E-state index in [-0.39, 0.29) is 0 Å². The minimum Gasteiger partial charge on any atom is -0.346 e. The van der Waals surface area contributed by atoms with Crippen LogP contribution in [0.4, 0.5) is 0 Å². The first-order chi connectivity index (χ1) is 9.20. The van der Waals surface area contributed by atoms with Crippen molar-refractivity contribution in [2.24, 2.45) is 0 Å². The Hall–Kier alpha value is -2.38. The molecular weight excluding hydrogens is 260 g/mol. The monoisotopic (exact) mass is 270 g/mol. The largest absolute Gasteiger partial charge is 0.346 e. The SMILES string of the molecule is Cc1cc(Cl)c(-c2ncccc(C#N)cc[nH]2)cn1. The van der Waals surface area contributed by atoms with Crippen LogP contribution in [0.1, 0.15) is 11.3 Å². The summed E-state index contributed by atoms with van der Waals surface area (Å²) >= 11 is 6.18. The average Bonchev–Trinajstić information content (AvgIpc) is 2.50. The summed E-state index contributed by atoms with van der Waals surface area (Å²) in [4.78, 5) is 11.5. The number of H-pyrrole nitrogens is 1. The third-order valence-electron chi connectivity index (χ3n) is 2.42. The lowest BCUT2D eigenvalue weighted by Gasteiger charge is -2.02. The van der Waals surface area contributed by atoms with E-state index in [0.717, 1.165) is 5.69 Å². The van der Waals surface area contributed by atoms with Gasteiger partial charge in [0.1, 0.15) is 5.82 Å². The van der Waals surface area contributed by atoms with Gasteiger partial charge in [-0.05, 0) is 31.2 Å². The minimum absolute atomic E-state index is 0.535. The molecule has 2 heterocycles. The number of aromatic amines is 1. The minimum atomic E-state index is 0.535. The molecule has 0 bridgehead atoms. The molecule has 94 valence electrons. The Morgan fingerprint density at radius 3 is 2.89 bits per heavy atom. The summed E-state index contributed by atoms with van der Waals surface area (Å²) in [6, 6.07) is 8.89. The van der Waals surface area contributed by atoms with Crippen LogP contribution in [0.15, 0.2) is 42.9 Å². The van der Waals surface area contributed by atoms with Gasteiger partial charge in [0.2, 0.25) is 0 Å². The maximum absolute atomic E-state index is 8.86. The number of hydrogen-bond donors (Lipinski definition) is 1. The van der Waals surface area contributed by atoms with Gasteiger partial charge in [0, 0.05) is 24.3 Å². The van der Waals surface area contributed by atoms with Crippen LogP contribution >= 0.6 is 11.6 Å². The first-order valence-electron chi connectivity index (χ1n) is 5.61. The van der Waals surface area contributed by atoms with Crippen LogP contribution in [-0.4, -0.2) is 15.0 Å². The third kappa shape index (κ3) is 3.30. The molecule has 0 radical (unpaired) electrons. The first kappa shape index (κ1) is 13.1. The molecule has 0 unspecified atom stereocenters. The fourth-order valence-electron chi connectivity index (χ4n) is 1.49. The quantitative estimate of drug-likeness (QED) is 0.863. The van der Waals surface area contributed by atoms with E-state index in [4.69, 9.17) is 16.9 Å². The van der Waals surface area contributed by atoms with Gasteiger partial charge < -0.3 is 4.98 Å². The molecule has 0 spiro atoms.